The summed E-state index contributed by atoms with van der Waals surface area (Å²) in [7, 11) is 1.39. The van der Waals surface area contributed by atoms with Crippen molar-refractivity contribution >= 4 is 12.1 Å². The standard InChI is InChI=1S/C24H21F3N2O4/c1-14-21(33-23(30)32-13-15-8-4-3-5-9-15)19(20-18(29-14)12-28-22(20)31-2)16-10-6-7-11-17(16)24(25,26)27/h3-11,19,29H,12-13H2,1-2H3. The Morgan fingerprint density at radius 3 is 2.52 bits per heavy atom. The maximum atomic E-state index is 13.9. The van der Waals surface area contributed by atoms with Crippen LogP contribution in [-0.2, 0) is 27.0 Å². The number of nitrogens with one attached hydrogen (secondary N) is 1. The maximum Gasteiger partial charge on any atom is 0.513 e. The minimum atomic E-state index is -4.61. The molecule has 0 bridgehead atoms. The number of carbonyl (C=O) groups is 1. The Morgan fingerprint density at radius 1 is 1.12 bits per heavy atom. The lowest BCUT2D eigenvalue weighted by molar-refractivity contribution is -0.138. The molecule has 172 valence electrons. The van der Waals surface area contributed by atoms with Crippen LogP contribution in [0.3, 0.4) is 0 Å². The van der Waals surface area contributed by atoms with Crippen molar-refractivity contribution in [1.29, 1.82) is 0 Å². The molecule has 0 aromatic heterocycles. The van der Waals surface area contributed by atoms with E-state index in [0.29, 0.717) is 17.0 Å². The summed E-state index contributed by atoms with van der Waals surface area (Å²) in [5.74, 6) is -0.884. The van der Waals surface area contributed by atoms with Gasteiger partial charge in [0.25, 0.3) is 0 Å². The molecule has 33 heavy (non-hydrogen) atoms. The van der Waals surface area contributed by atoms with Crippen molar-refractivity contribution in [3.63, 3.8) is 0 Å². The van der Waals surface area contributed by atoms with Crippen LogP contribution in [0.5, 0.6) is 0 Å². The third kappa shape index (κ3) is 4.57. The van der Waals surface area contributed by atoms with Crippen molar-refractivity contribution in [1.82, 2.24) is 5.32 Å². The second-order valence-corrected chi connectivity index (χ2v) is 7.48. The fraction of sp³-hybridized carbons (Fsp3) is 0.250. The zero-order chi connectivity index (χ0) is 23.6. The predicted octanol–water partition coefficient (Wildman–Crippen LogP) is 5.29. The quantitative estimate of drug-likeness (QED) is 0.631. The molecule has 0 fully saturated rings. The van der Waals surface area contributed by atoms with Crippen molar-refractivity contribution in [2.45, 2.75) is 25.6 Å². The van der Waals surface area contributed by atoms with Gasteiger partial charge >= 0.3 is 12.3 Å². The summed E-state index contributed by atoms with van der Waals surface area (Å²) in [5, 5.41) is 3.08. The minimum Gasteiger partial charge on any atom is -0.481 e. The summed E-state index contributed by atoms with van der Waals surface area (Å²) in [4.78, 5) is 16.8. The molecule has 4 rings (SSSR count). The number of hydrogen-bond acceptors (Lipinski definition) is 6. The van der Waals surface area contributed by atoms with E-state index in [9.17, 15) is 18.0 Å². The first-order chi connectivity index (χ1) is 15.8. The van der Waals surface area contributed by atoms with Crippen LogP contribution >= 0.6 is 0 Å². The van der Waals surface area contributed by atoms with Crippen molar-refractivity contribution < 1.29 is 32.2 Å². The maximum absolute atomic E-state index is 13.9. The van der Waals surface area contributed by atoms with Crippen LogP contribution < -0.4 is 5.32 Å². The Kier molecular flexibility index (Phi) is 6.13. The highest BCUT2D eigenvalue weighted by Gasteiger charge is 2.43. The van der Waals surface area contributed by atoms with Gasteiger partial charge in [0.05, 0.1) is 36.4 Å². The molecule has 2 heterocycles. The monoisotopic (exact) mass is 458 g/mol. The van der Waals surface area contributed by atoms with E-state index in [-0.39, 0.29) is 30.4 Å². The third-order valence-electron chi connectivity index (χ3n) is 5.36. The Balaban J connectivity index is 1.70. The third-order valence-corrected chi connectivity index (χ3v) is 5.36. The molecule has 0 amide bonds. The number of aliphatic imine (C=N–C) groups is 1. The van der Waals surface area contributed by atoms with Gasteiger partial charge in [0.15, 0.2) is 0 Å². The largest absolute Gasteiger partial charge is 0.513 e. The second kappa shape index (κ2) is 9.01. The zero-order valence-electron chi connectivity index (χ0n) is 17.9. The van der Waals surface area contributed by atoms with Crippen LogP contribution in [0.15, 0.2) is 82.3 Å². The first kappa shape index (κ1) is 22.4. The molecule has 0 spiro atoms. The number of allylic oxidation sites excluding steroid dienone is 2. The molecule has 0 radical (unpaired) electrons. The number of carbonyl (C=O) groups excluding carboxylic acids is 1. The Bertz CT molecular complexity index is 1150. The van der Waals surface area contributed by atoms with E-state index < -0.39 is 23.8 Å². The molecule has 1 atom stereocenters. The number of benzene rings is 2. The van der Waals surface area contributed by atoms with E-state index in [2.05, 4.69) is 10.3 Å². The van der Waals surface area contributed by atoms with Crippen LogP contribution in [-0.4, -0.2) is 25.7 Å². The highest BCUT2D eigenvalue weighted by Crippen LogP contribution is 2.45. The van der Waals surface area contributed by atoms with Crippen molar-refractivity contribution in [2.24, 2.45) is 4.99 Å². The fourth-order valence-corrected chi connectivity index (χ4v) is 3.94. The predicted molar refractivity (Wildman–Crippen MR) is 114 cm³/mol. The second-order valence-electron chi connectivity index (χ2n) is 7.48. The van der Waals surface area contributed by atoms with Crippen molar-refractivity contribution in [2.75, 3.05) is 13.7 Å². The van der Waals surface area contributed by atoms with Gasteiger partial charge in [-0.2, -0.15) is 13.2 Å². The number of ether oxygens (including phenoxy) is 3. The van der Waals surface area contributed by atoms with E-state index in [1.165, 1.54) is 25.3 Å². The average molecular weight is 458 g/mol. The first-order valence-electron chi connectivity index (χ1n) is 10.1. The van der Waals surface area contributed by atoms with Gasteiger partial charge in [0.1, 0.15) is 12.4 Å². The minimum absolute atomic E-state index is 0.00448. The number of hydrogen-bond donors (Lipinski definition) is 1. The van der Waals surface area contributed by atoms with Crippen molar-refractivity contribution in [3.8, 4) is 0 Å². The highest BCUT2D eigenvalue weighted by atomic mass is 19.4. The van der Waals surface area contributed by atoms with E-state index in [4.69, 9.17) is 14.2 Å². The summed E-state index contributed by atoms with van der Waals surface area (Å²) in [6, 6.07) is 14.2. The summed E-state index contributed by atoms with van der Waals surface area (Å²) in [6.07, 6.45) is -5.64. The van der Waals surface area contributed by atoms with E-state index in [1.807, 2.05) is 6.07 Å². The average Bonchev–Trinajstić information content (AvgIpc) is 3.20. The van der Waals surface area contributed by atoms with E-state index >= 15 is 0 Å². The highest BCUT2D eigenvalue weighted by molar-refractivity contribution is 5.99. The van der Waals surface area contributed by atoms with Gasteiger partial charge in [-0.1, -0.05) is 48.5 Å². The fourth-order valence-electron chi connectivity index (χ4n) is 3.94. The van der Waals surface area contributed by atoms with Crippen LogP contribution in [0.25, 0.3) is 0 Å². The van der Waals surface area contributed by atoms with E-state index in [1.54, 1.807) is 31.2 Å². The Morgan fingerprint density at radius 2 is 1.82 bits per heavy atom. The van der Waals surface area contributed by atoms with Crippen molar-refractivity contribution in [3.05, 3.63) is 94.0 Å². The summed E-state index contributed by atoms with van der Waals surface area (Å²) < 4.78 is 57.7. The van der Waals surface area contributed by atoms with Crippen LogP contribution in [0, 0.1) is 0 Å². The Hall–Kier alpha value is -3.75. The van der Waals surface area contributed by atoms with Gasteiger partial charge in [-0.3, -0.25) is 0 Å². The van der Waals surface area contributed by atoms with Gasteiger partial charge in [0, 0.05) is 5.70 Å². The molecule has 2 aliphatic heterocycles. The molecule has 2 aromatic carbocycles. The van der Waals surface area contributed by atoms with Gasteiger partial charge < -0.3 is 19.5 Å². The zero-order valence-corrected chi connectivity index (χ0v) is 17.9. The molecule has 0 saturated heterocycles. The molecule has 1 unspecified atom stereocenters. The molecular weight excluding hydrogens is 437 g/mol. The number of alkyl halides is 3. The number of nitrogens with zero attached hydrogens (tertiary/aromatic N) is 1. The number of rotatable bonds is 4. The Labute approximate surface area is 188 Å². The first-order valence-corrected chi connectivity index (χ1v) is 10.1. The molecule has 0 aliphatic carbocycles. The van der Waals surface area contributed by atoms with Gasteiger partial charge in [-0.15, -0.1) is 0 Å². The molecule has 2 aromatic rings. The van der Waals surface area contributed by atoms with Crippen LogP contribution in [0.1, 0.15) is 29.5 Å². The molecular formula is C24H21F3N2O4. The SMILES string of the molecule is COC1=NCC2=C1C(c1ccccc1C(F)(F)F)C(OC(=O)OCc1ccccc1)=C(C)N2. The smallest absolute Gasteiger partial charge is 0.481 e. The van der Waals surface area contributed by atoms with Gasteiger partial charge in [0.2, 0.25) is 5.90 Å². The molecule has 9 heteroatoms. The lowest BCUT2D eigenvalue weighted by atomic mass is 9.83. The summed E-state index contributed by atoms with van der Waals surface area (Å²) in [6.45, 7) is 1.80. The lowest BCUT2D eigenvalue weighted by Gasteiger charge is -2.31. The van der Waals surface area contributed by atoms with Gasteiger partial charge in [-0.05, 0) is 24.1 Å². The number of methoxy groups -OCH3 is 1. The van der Waals surface area contributed by atoms with Gasteiger partial charge in [-0.25, -0.2) is 9.79 Å². The van der Waals surface area contributed by atoms with Crippen LogP contribution in [0.2, 0.25) is 0 Å². The number of halogens is 3. The topological polar surface area (TPSA) is 69.2 Å². The van der Waals surface area contributed by atoms with Crippen LogP contribution in [0.4, 0.5) is 18.0 Å². The summed E-state index contributed by atoms with van der Waals surface area (Å²) in [5.41, 5.74) is 1.21. The molecule has 6 nitrogen and oxygen atoms in total. The van der Waals surface area contributed by atoms with E-state index in [0.717, 1.165) is 11.6 Å². The normalized spacial score (nSPS) is 17.8. The molecule has 1 N–H and O–H groups in total. The lowest BCUT2D eigenvalue weighted by Crippen LogP contribution is -2.30. The molecule has 2 aliphatic rings. The molecule has 0 saturated carbocycles. The number of dihydropyridines is 1. The summed E-state index contributed by atoms with van der Waals surface area (Å²) >= 11 is 0.